The molecule has 20 heavy (non-hydrogen) atoms. The summed E-state index contributed by atoms with van der Waals surface area (Å²) < 4.78 is 10.8. The molecule has 0 unspecified atom stereocenters. The SMILES string of the molecule is CCOC(=O)c1cccnc1N(C)C[C@H]1CCCCO1. The first-order valence-electron chi connectivity index (χ1n) is 7.17. The molecule has 1 aromatic heterocycles. The Hall–Kier alpha value is -1.62. The minimum Gasteiger partial charge on any atom is -0.462 e. The number of ether oxygens (including phenoxy) is 2. The van der Waals surface area contributed by atoms with Crippen molar-refractivity contribution in [2.45, 2.75) is 32.3 Å². The lowest BCUT2D eigenvalue weighted by Crippen LogP contribution is -2.34. The Bertz CT molecular complexity index is 444. The molecule has 5 nitrogen and oxygen atoms in total. The van der Waals surface area contributed by atoms with Gasteiger partial charge in [-0.1, -0.05) is 0 Å². The van der Waals surface area contributed by atoms with Gasteiger partial charge < -0.3 is 14.4 Å². The van der Waals surface area contributed by atoms with Crippen LogP contribution in [0.4, 0.5) is 5.82 Å². The van der Waals surface area contributed by atoms with Crippen molar-refractivity contribution in [1.29, 1.82) is 0 Å². The minimum absolute atomic E-state index is 0.214. The van der Waals surface area contributed by atoms with E-state index < -0.39 is 0 Å². The average molecular weight is 278 g/mol. The number of likely N-dealkylation sites (N-methyl/N-ethyl adjacent to an activating group) is 1. The van der Waals surface area contributed by atoms with Crippen molar-refractivity contribution in [3.8, 4) is 0 Å². The van der Waals surface area contributed by atoms with E-state index in [1.807, 2.05) is 11.9 Å². The highest BCUT2D eigenvalue weighted by Gasteiger charge is 2.20. The Balaban J connectivity index is 2.08. The summed E-state index contributed by atoms with van der Waals surface area (Å²) in [4.78, 5) is 18.2. The fourth-order valence-corrected chi connectivity index (χ4v) is 2.41. The molecule has 0 amide bonds. The van der Waals surface area contributed by atoms with Crippen molar-refractivity contribution >= 4 is 11.8 Å². The maximum atomic E-state index is 11.9. The third kappa shape index (κ3) is 3.70. The number of carbonyl (C=O) groups excluding carboxylic acids is 1. The first-order chi connectivity index (χ1) is 9.72. The van der Waals surface area contributed by atoms with Gasteiger partial charge in [0.25, 0.3) is 0 Å². The van der Waals surface area contributed by atoms with Crippen molar-refractivity contribution in [3.05, 3.63) is 23.9 Å². The molecule has 0 spiro atoms. The summed E-state index contributed by atoms with van der Waals surface area (Å²) in [6, 6.07) is 3.50. The van der Waals surface area contributed by atoms with Crippen molar-refractivity contribution < 1.29 is 14.3 Å². The molecular formula is C15H22N2O3. The molecule has 0 radical (unpaired) electrons. The molecule has 1 atom stereocenters. The molecule has 110 valence electrons. The number of hydrogen-bond donors (Lipinski definition) is 0. The van der Waals surface area contributed by atoms with Crippen LogP contribution < -0.4 is 4.90 Å². The predicted molar refractivity (Wildman–Crippen MR) is 77.1 cm³/mol. The number of aromatic nitrogens is 1. The Morgan fingerprint density at radius 2 is 2.40 bits per heavy atom. The Kier molecular flexibility index (Phi) is 5.35. The standard InChI is InChI=1S/C15H22N2O3/c1-3-19-15(18)13-8-6-9-16-14(13)17(2)11-12-7-4-5-10-20-12/h6,8-9,12H,3-5,7,10-11H2,1-2H3/t12-/m1/s1. The Morgan fingerprint density at radius 3 is 3.10 bits per heavy atom. The van der Waals surface area contributed by atoms with E-state index in [0.29, 0.717) is 18.0 Å². The molecule has 0 bridgehead atoms. The molecule has 0 saturated carbocycles. The van der Waals surface area contributed by atoms with E-state index in [4.69, 9.17) is 9.47 Å². The van der Waals surface area contributed by atoms with Gasteiger partial charge in [-0.2, -0.15) is 0 Å². The van der Waals surface area contributed by atoms with Gasteiger partial charge >= 0.3 is 5.97 Å². The monoisotopic (exact) mass is 278 g/mol. The zero-order valence-electron chi connectivity index (χ0n) is 12.2. The number of anilines is 1. The van der Waals surface area contributed by atoms with Crippen LogP contribution in [0.5, 0.6) is 0 Å². The largest absolute Gasteiger partial charge is 0.462 e. The van der Waals surface area contributed by atoms with Gasteiger partial charge in [-0.15, -0.1) is 0 Å². The number of hydrogen-bond acceptors (Lipinski definition) is 5. The lowest BCUT2D eigenvalue weighted by molar-refractivity contribution is 0.0214. The van der Waals surface area contributed by atoms with Crippen LogP contribution in [0.15, 0.2) is 18.3 Å². The van der Waals surface area contributed by atoms with Crippen LogP contribution in [-0.4, -0.2) is 43.9 Å². The van der Waals surface area contributed by atoms with Gasteiger partial charge in [-0.25, -0.2) is 9.78 Å². The zero-order valence-corrected chi connectivity index (χ0v) is 12.2. The van der Waals surface area contributed by atoms with Crippen LogP contribution in [0.25, 0.3) is 0 Å². The van der Waals surface area contributed by atoms with Crippen LogP contribution in [0, 0.1) is 0 Å². The van der Waals surface area contributed by atoms with Gasteiger partial charge in [0.15, 0.2) is 0 Å². The van der Waals surface area contributed by atoms with Gasteiger partial charge in [0.1, 0.15) is 11.4 Å². The maximum Gasteiger partial charge on any atom is 0.341 e. The minimum atomic E-state index is -0.327. The Labute approximate surface area is 119 Å². The number of pyridine rings is 1. The molecule has 0 aliphatic carbocycles. The summed E-state index contributed by atoms with van der Waals surface area (Å²) in [5.41, 5.74) is 0.507. The van der Waals surface area contributed by atoms with Crippen molar-refractivity contribution in [1.82, 2.24) is 4.98 Å². The highest BCUT2D eigenvalue weighted by molar-refractivity contribution is 5.94. The predicted octanol–water partition coefficient (Wildman–Crippen LogP) is 2.26. The second-order valence-electron chi connectivity index (χ2n) is 4.96. The fourth-order valence-electron chi connectivity index (χ4n) is 2.41. The van der Waals surface area contributed by atoms with E-state index in [0.717, 1.165) is 26.0 Å². The summed E-state index contributed by atoms with van der Waals surface area (Å²) >= 11 is 0. The molecule has 1 aromatic rings. The molecule has 2 rings (SSSR count). The second-order valence-corrected chi connectivity index (χ2v) is 4.96. The average Bonchev–Trinajstić information content (AvgIpc) is 2.48. The van der Waals surface area contributed by atoms with Gasteiger partial charge in [-0.05, 0) is 38.3 Å². The molecule has 2 heterocycles. The molecule has 1 fully saturated rings. The van der Waals surface area contributed by atoms with Crippen LogP contribution in [-0.2, 0) is 9.47 Å². The third-order valence-corrected chi connectivity index (χ3v) is 3.40. The summed E-state index contributed by atoms with van der Waals surface area (Å²) in [7, 11) is 1.93. The molecule has 1 aliphatic rings. The zero-order chi connectivity index (χ0) is 14.4. The van der Waals surface area contributed by atoms with Crippen molar-refractivity contribution in [2.24, 2.45) is 0 Å². The second kappa shape index (κ2) is 7.24. The van der Waals surface area contributed by atoms with Gasteiger partial charge in [0.2, 0.25) is 0 Å². The molecule has 1 saturated heterocycles. The number of esters is 1. The van der Waals surface area contributed by atoms with E-state index in [2.05, 4.69) is 4.98 Å². The van der Waals surface area contributed by atoms with Gasteiger partial charge in [-0.3, -0.25) is 0 Å². The van der Waals surface area contributed by atoms with Crippen LogP contribution in [0.1, 0.15) is 36.5 Å². The van der Waals surface area contributed by atoms with Crippen molar-refractivity contribution in [3.63, 3.8) is 0 Å². The highest BCUT2D eigenvalue weighted by Crippen LogP contribution is 2.20. The van der Waals surface area contributed by atoms with Crippen LogP contribution in [0.3, 0.4) is 0 Å². The summed E-state index contributed by atoms with van der Waals surface area (Å²) in [5, 5.41) is 0. The lowest BCUT2D eigenvalue weighted by Gasteiger charge is -2.28. The van der Waals surface area contributed by atoms with E-state index in [1.165, 1.54) is 6.42 Å². The Morgan fingerprint density at radius 1 is 1.55 bits per heavy atom. The molecule has 5 heteroatoms. The highest BCUT2D eigenvalue weighted by atomic mass is 16.5. The smallest absolute Gasteiger partial charge is 0.341 e. The van der Waals surface area contributed by atoms with E-state index >= 15 is 0 Å². The van der Waals surface area contributed by atoms with Gasteiger partial charge in [0, 0.05) is 26.4 Å². The topological polar surface area (TPSA) is 51.7 Å². The first kappa shape index (κ1) is 14.8. The molecule has 0 aromatic carbocycles. The maximum absolute atomic E-state index is 11.9. The first-order valence-corrected chi connectivity index (χ1v) is 7.17. The normalized spacial score (nSPS) is 18.6. The van der Waals surface area contributed by atoms with E-state index in [1.54, 1.807) is 25.3 Å². The number of nitrogens with zero attached hydrogens (tertiary/aromatic N) is 2. The summed E-state index contributed by atoms with van der Waals surface area (Å²) in [5.74, 6) is 0.326. The fraction of sp³-hybridized carbons (Fsp3) is 0.600. The van der Waals surface area contributed by atoms with E-state index in [9.17, 15) is 4.79 Å². The summed E-state index contributed by atoms with van der Waals surface area (Å²) in [6.45, 7) is 3.73. The lowest BCUT2D eigenvalue weighted by atomic mass is 10.1. The van der Waals surface area contributed by atoms with Crippen molar-refractivity contribution in [2.75, 3.05) is 31.7 Å². The number of carbonyl (C=O) groups is 1. The van der Waals surface area contributed by atoms with Crippen LogP contribution >= 0.6 is 0 Å². The molecule has 0 N–H and O–H groups in total. The number of rotatable bonds is 5. The quantitative estimate of drug-likeness (QED) is 0.773. The van der Waals surface area contributed by atoms with Gasteiger partial charge in [0.05, 0.1) is 12.7 Å². The summed E-state index contributed by atoms with van der Waals surface area (Å²) in [6.07, 6.45) is 5.30. The van der Waals surface area contributed by atoms with E-state index in [-0.39, 0.29) is 12.1 Å². The molecule has 1 aliphatic heterocycles. The van der Waals surface area contributed by atoms with Crippen LogP contribution in [0.2, 0.25) is 0 Å². The third-order valence-electron chi connectivity index (χ3n) is 3.40. The molecular weight excluding hydrogens is 256 g/mol.